The second-order valence-corrected chi connectivity index (χ2v) is 5.41. The van der Waals surface area contributed by atoms with E-state index in [2.05, 4.69) is 18.8 Å². The maximum atomic E-state index is 12.5. The Hall–Kier alpha value is -1.50. The van der Waals surface area contributed by atoms with E-state index in [0.29, 0.717) is 16.1 Å². The van der Waals surface area contributed by atoms with Crippen molar-refractivity contribution in [3.8, 4) is 11.8 Å². The van der Waals surface area contributed by atoms with Gasteiger partial charge in [0, 0.05) is 23.7 Å². The van der Waals surface area contributed by atoms with E-state index in [-0.39, 0.29) is 18.6 Å². The largest absolute Gasteiger partial charge is 0.384 e. The number of halogens is 1. The van der Waals surface area contributed by atoms with Crippen LogP contribution in [0.5, 0.6) is 0 Å². The number of hydrogen-bond donors (Lipinski definition) is 1. The van der Waals surface area contributed by atoms with Crippen molar-refractivity contribution >= 4 is 17.5 Å². The van der Waals surface area contributed by atoms with Crippen LogP contribution >= 0.6 is 11.6 Å². The monoisotopic (exact) mass is 291 g/mol. The maximum Gasteiger partial charge on any atom is 0.254 e. The van der Waals surface area contributed by atoms with Crippen LogP contribution in [0.3, 0.4) is 0 Å². The van der Waals surface area contributed by atoms with Crippen molar-refractivity contribution in [3.63, 3.8) is 0 Å². The van der Waals surface area contributed by atoms with E-state index >= 15 is 0 Å². The zero-order chi connectivity index (χ0) is 14.5. The highest BCUT2D eigenvalue weighted by molar-refractivity contribution is 6.32. The molecule has 1 aromatic rings. The van der Waals surface area contributed by atoms with Gasteiger partial charge in [0.15, 0.2) is 0 Å². The molecule has 1 unspecified atom stereocenters. The normalized spacial score (nSPS) is 18.4. The van der Waals surface area contributed by atoms with Gasteiger partial charge in [-0.25, -0.2) is 0 Å². The molecular weight excluding hydrogens is 274 g/mol. The second-order valence-electron chi connectivity index (χ2n) is 5.00. The highest BCUT2D eigenvalue weighted by atomic mass is 35.5. The van der Waals surface area contributed by atoms with Gasteiger partial charge in [0.2, 0.25) is 0 Å². The fourth-order valence-corrected chi connectivity index (χ4v) is 2.68. The van der Waals surface area contributed by atoms with Crippen molar-refractivity contribution in [2.75, 3.05) is 13.2 Å². The molecule has 1 amide bonds. The fourth-order valence-electron chi connectivity index (χ4n) is 2.45. The van der Waals surface area contributed by atoms with Crippen molar-refractivity contribution < 1.29 is 9.90 Å². The van der Waals surface area contributed by atoms with Gasteiger partial charge in [-0.2, -0.15) is 0 Å². The van der Waals surface area contributed by atoms with Gasteiger partial charge in [0.25, 0.3) is 5.91 Å². The molecule has 1 fully saturated rings. The van der Waals surface area contributed by atoms with Gasteiger partial charge in [-0.15, -0.1) is 0 Å². The van der Waals surface area contributed by atoms with Gasteiger partial charge in [-0.3, -0.25) is 4.79 Å². The molecule has 1 aromatic carbocycles. The van der Waals surface area contributed by atoms with Crippen LogP contribution in [-0.2, 0) is 0 Å². The van der Waals surface area contributed by atoms with Crippen molar-refractivity contribution in [1.29, 1.82) is 0 Å². The van der Waals surface area contributed by atoms with E-state index in [1.54, 1.807) is 18.2 Å². The first kappa shape index (κ1) is 14.9. The molecule has 0 bridgehead atoms. The number of benzene rings is 1. The maximum absolute atomic E-state index is 12.5. The minimum atomic E-state index is -0.206. The van der Waals surface area contributed by atoms with Crippen molar-refractivity contribution in [2.24, 2.45) is 0 Å². The van der Waals surface area contributed by atoms with Gasteiger partial charge in [-0.1, -0.05) is 23.4 Å². The first-order valence-electron chi connectivity index (χ1n) is 6.83. The number of likely N-dealkylation sites (tertiary alicyclic amines) is 1. The summed E-state index contributed by atoms with van der Waals surface area (Å²) in [7, 11) is 0. The average Bonchev–Trinajstić information content (AvgIpc) is 2.46. The number of nitrogens with zero attached hydrogens (tertiary/aromatic N) is 1. The molecule has 106 valence electrons. The van der Waals surface area contributed by atoms with E-state index in [1.165, 1.54) is 6.42 Å². The predicted octanol–water partition coefficient (Wildman–Crippen LogP) is 2.70. The Labute approximate surface area is 124 Å². The first-order valence-corrected chi connectivity index (χ1v) is 7.21. The highest BCUT2D eigenvalue weighted by Gasteiger charge is 2.24. The van der Waals surface area contributed by atoms with Crippen LogP contribution in [-0.4, -0.2) is 35.1 Å². The van der Waals surface area contributed by atoms with Crippen LogP contribution in [0.1, 0.15) is 42.1 Å². The SMILES string of the molecule is CC1CCCCN1C(=O)c1ccc(C#CCO)c(Cl)c1. The molecule has 1 atom stereocenters. The van der Waals surface area contributed by atoms with E-state index in [9.17, 15) is 4.79 Å². The lowest BCUT2D eigenvalue weighted by Crippen LogP contribution is -2.42. The molecule has 1 N–H and O–H groups in total. The van der Waals surface area contributed by atoms with Crippen LogP contribution in [0.2, 0.25) is 5.02 Å². The van der Waals surface area contributed by atoms with E-state index in [1.807, 2.05) is 4.90 Å². The number of hydrogen-bond acceptors (Lipinski definition) is 2. The molecule has 2 rings (SSSR count). The molecule has 1 heterocycles. The molecule has 0 spiro atoms. The number of rotatable bonds is 1. The summed E-state index contributed by atoms with van der Waals surface area (Å²) in [6.45, 7) is 2.69. The highest BCUT2D eigenvalue weighted by Crippen LogP contribution is 2.22. The lowest BCUT2D eigenvalue weighted by atomic mass is 10.0. The third kappa shape index (κ3) is 3.33. The molecule has 20 heavy (non-hydrogen) atoms. The number of carbonyl (C=O) groups is 1. The summed E-state index contributed by atoms with van der Waals surface area (Å²) in [6.07, 6.45) is 3.30. The molecule has 1 saturated heterocycles. The van der Waals surface area contributed by atoms with E-state index < -0.39 is 0 Å². The van der Waals surface area contributed by atoms with Gasteiger partial charge in [0.1, 0.15) is 6.61 Å². The number of carbonyl (C=O) groups excluding carboxylic acids is 1. The molecule has 0 aromatic heterocycles. The Bertz CT molecular complexity index is 559. The molecule has 0 aliphatic carbocycles. The third-order valence-corrected chi connectivity index (χ3v) is 3.89. The molecule has 3 nitrogen and oxygen atoms in total. The van der Waals surface area contributed by atoms with E-state index in [0.717, 1.165) is 19.4 Å². The summed E-state index contributed by atoms with van der Waals surface area (Å²) in [5.74, 6) is 5.34. The number of piperidine rings is 1. The topological polar surface area (TPSA) is 40.5 Å². The number of amides is 1. The Morgan fingerprint density at radius 1 is 1.50 bits per heavy atom. The zero-order valence-corrected chi connectivity index (χ0v) is 12.3. The Balaban J connectivity index is 2.20. The lowest BCUT2D eigenvalue weighted by Gasteiger charge is -2.33. The van der Waals surface area contributed by atoms with Crippen LogP contribution in [0.15, 0.2) is 18.2 Å². The van der Waals surface area contributed by atoms with Crippen LogP contribution < -0.4 is 0 Å². The van der Waals surface area contributed by atoms with Crippen LogP contribution in [0.4, 0.5) is 0 Å². The van der Waals surface area contributed by atoms with Crippen molar-refractivity contribution in [1.82, 2.24) is 4.90 Å². The average molecular weight is 292 g/mol. The zero-order valence-electron chi connectivity index (χ0n) is 11.5. The minimum absolute atomic E-state index is 0.0285. The first-order chi connectivity index (χ1) is 9.63. The van der Waals surface area contributed by atoms with Crippen LogP contribution in [0.25, 0.3) is 0 Å². The van der Waals surface area contributed by atoms with E-state index in [4.69, 9.17) is 16.7 Å². The molecular formula is C16H18ClNO2. The quantitative estimate of drug-likeness (QED) is 0.808. The fraction of sp³-hybridized carbons (Fsp3) is 0.438. The standard InChI is InChI=1S/C16H18ClNO2/c1-12-5-2-3-9-18(12)16(20)14-8-7-13(6-4-10-19)15(17)11-14/h7-8,11-12,19H,2-3,5,9-10H2,1H3. The molecule has 4 heteroatoms. The minimum Gasteiger partial charge on any atom is -0.384 e. The molecule has 1 aliphatic rings. The van der Waals surface area contributed by atoms with Gasteiger partial charge in [0.05, 0.1) is 5.02 Å². The Kier molecular flexibility index (Phi) is 5.05. The second kappa shape index (κ2) is 6.78. The van der Waals surface area contributed by atoms with Gasteiger partial charge < -0.3 is 10.0 Å². The van der Waals surface area contributed by atoms with Gasteiger partial charge >= 0.3 is 0 Å². The summed E-state index contributed by atoms with van der Waals surface area (Å²) in [4.78, 5) is 14.4. The number of aliphatic hydroxyl groups is 1. The third-order valence-electron chi connectivity index (χ3n) is 3.58. The Morgan fingerprint density at radius 2 is 2.30 bits per heavy atom. The van der Waals surface area contributed by atoms with Crippen LogP contribution in [0, 0.1) is 11.8 Å². The smallest absolute Gasteiger partial charge is 0.254 e. The summed E-state index contributed by atoms with van der Waals surface area (Å²) >= 11 is 6.13. The Morgan fingerprint density at radius 3 is 2.95 bits per heavy atom. The summed E-state index contributed by atoms with van der Waals surface area (Å²) in [5, 5.41) is 9.13. The molecule has 1 aliphatic heterocycles. The molecule has 0 saturated carbocycles. The van der Waals surface area contributed by atoms with Gasteiger partial charge in [-0.05, 0) is 44.4 Å². The number of aliphatic hydroxyl groups excluding tert-OH is 1. The van der Waals surface area contributed by atoms with Crippen molar-refractivity contribution in [2.45, 2.75) is 32.2 Å². The lowest BCUT2D eigenvalue weighted by molar-refractivity contribution is 0.0635. The summed E-state index contributed by atoms with van der Waals surface area (Å²) < 4.78 is 0. The summed E-state index contributed by atoms with van der Waals surface area (Å²) in [6, 6.07) is 5.42. The summed E-state index contributed by atoms with van der Waals surface area (Å²) in [5.41, 5.74) is 1.22. The van der Waals surface area contributed by atoms with Crippen molar-refractivity contribution in [3.05, 3.63) is 34.3 Å². The molecule has 0 radical (unpaired) electrons. The predicted molar refractivity (Wildman–Crippen MR) is 79.8 cm³/mol.